The summed E-state index contributed by atoms with van der Waals surface area (Å²) in [6, 6.07) is 10.9. The van der Waals surface area contributed by atoms with Crippen LogP contribution in [0.1, 0.15) is 28.5 Å². The summed E-state index contributed by atoms with van der Waals surface area (Å²) in [7, 11) is 1.75. The second-order valence-electron chi connectivity index (χ2n) is 6.44. The molecule has 5 nitrogen and oxygen atoms in total. The van der Waals surface area contributed by atoms with Crippen LogP contribution in [0.25, 0.3) is 10.2 Å². The van der Waals surface area contributed by atoms with E-state index in [1.165, 1.54) is 11.3 Å². The molecule has 0 bridgehead atoms. The normalized spacial score (nSPS) is 12.3. The lowest BCUT2D eigenvalue weighted by Gasteiger charge is -2.26. The Balaban J connectivity index is 1.70. The van der Waals surface area contributed by atoms with Gasteiger partial charge in [-0.3, -0.25) is 9.59 Å². The minimum Gasteiger partial charge on any atom is -0.339 e. The molecule has 2 amide bonds. The van der Waals surface area contributed by atoms with Crippen LogP contribution in [0.5, 0.6) is 0 Å². The van der Waals surface area contributed by atoms with Gasteiger partial charge in [0, 0.05) is 7.05 Å². The summed E-state index contributed by atoms with van der Waals surface area (Å²) in [6.45, 7) is 4.29. The van der Waals surface area contributed by atoms with Crippen molar-refractivity contribution in [3.8, 4) is 0 Å². The molecular weight excluding hydrogens is 366 g/mol. The molecule has 2 aromatic heterocycles. The van der Waals surface area contributed by atoms with Gasteiger partial charge in [0.15, 0.2) is 0 Å². The lowest BCUT2D eigenvalue weighted by Crippen LogP contribution is -2.49. The maximum Gasteiger partial charge on any atom is 0.262 e. The van der Waals surface area contributed by atoms with Crippen molar-refractivity contribution < 1.29 is 9.59 Å². The first-order valence-electron chi connectivity index (χ1n) is 8.39. The van der Waals surface area contributed by atoms with E-state index in [9.17, 15) is 9.59 Å². The Morgan fingerprint density at radius 3 is 2.62 bits per heavy atom. The van der Waals surface area contributed by atoms with Gasteiger partial charge in [0.2, 0.25) is 5.91 Å². The number of benzene rings is 1. The SMILES string of the molecule is CC(C)[C@H](NC(=O)c1cccs1)C(=O)N(C)Cc1nc2ccccc2s1. The Labute approximate surface area is 160 Å². The van der Waals surface area contributed by atoms with E-state index < -0.39 is 6.04 Å². The molecule has 1 N–H and O–H groups in total. The second-order valence-corrected chi connectivity index (χ2v) is 8.50. The Morgan fingerprint density at radius 2 is 1.96 bits per heavy atom. The summed E-state index contributed by atoms with van der Waals surface area (Å²) in [5.74, 6) is -0.325. The average Bonchev–Trinajstić information content (AvgIpc) is 3.27. The number of rotatable bonds is 6. The number of likely N-dealkylation sites (N-methyl/N-ethyl adjacent to an activating group) is 1. The summed E-state index contributed by atoms with van der Waals surface area (Å²) in [4.78, 5) is 32.1. The molecule has 2 heterocycles. The lowest BCUT2D eigenvalue weighted by molar-refractivity contribution is -0.133. The number of hydrogen-bond acceptors (Lipinski definition) is 5. The third-order valence-electron chi connectivity index (χ3n) is 4.05. The number of nitrogens with zero attached hydrogens (tertiary/aromatic N) is 2. The van der Waals surface area contributed by atoms with Crippen molar-refractivity contribution in [3.63, 3.8) is 0 Å². The molecule has 0 aliphatic rings. The predicted octanol–water partition coefficient (Wildman–Crippen LogP) is 3.77. The van der Waals surface area contributed by atoms with Crippen LogP contribution in [-0.4, -0.2) is 34.8 Å². The van der Waals surface area contributed by atoms with Gasteiger partial charge in [0.1, 0.15) is 11.0 Å². The fourth-order valence-electron chi connectivity index (χ4n) is 2.64. The number of aromatic nitrogens is 1. The molecule has 0 fully saturated rings. The topological polar surface area (TPSA) is 62.3 Å². The molecule has 0 aliphatic heterocycles. The molecule has 3 rings (SSSR count). The Kier molecular flexibility index (Phi) is 5.68. The smallest absolute Gasteiger partial charge is 0.262 e. The number of thiazole rings is 1. The second kappa shape index (κ2) is 7.97. The molecule has 0 unspecified atom stereocenters. The largest absolute Gasteiger partial charge is 0.339 e. The highest BCUT2D eigenvalue weighted by Gasteiger charge is 2.28. The molecule has 1 aromatic carbocycles. The van der Waals surface area contributed by atoms with Crippen molar-refractivity contribution >= 4 is 44.7 Å². The van der Waals surface area contributed by atoms with Crippen molar-refractivity contribution in [1.82, 2.24) is 15.2 Å². The first kappa shape index (κ1) is 18.5. The first-order chi connectivity index (χ1) is 12.5. The van der Waals surface area contributed by atoms with Crippen LogP contribution in [0.2, 0.25) is 0 Å². The van der Waals surface area contributed by atoms with Gasteiger partial charge in [0.05, 0.1) is 21.6 Å². The number of thiophene rings is 1. The zero-order valence-corrected chi connectivity index (χ0v) is 16.6. The number of fused-ring (bicyclic) bond motifs is 1. The number of carbonyl (C=O) groups excluding carboxylic acids is 2. The zero-order valence-electron chi connectivity index (χ0n) is 14.9. The number of amides is 2. The fourth-order valence-corrected chi connectivity index (χ4v) is 4.29. The highest BCUT2D eigenvalue weighted by molar-refractivity contribution is 7.18. The van der Waals surface area contributed by atoms with Gasteiger partial charge >= 0.3 is 0 Å². The van der Waals surface area contributed by atoms with Gasteiger partial charge in [-0.1, -0.05) is 32.0 Å². The van der Waals surface area contributed by atoms with Crippen LogP contribution < -0.4 is 5.32 Å². The predicted molar refractivity (Wildman–Crippen MR) is 107 cm³/mol. The minimum atomic E-state index is -0.566. The molecule has 26 heavy (non-hydrogen) atoms. The van der Waals surface area contributed by atoms with Gasteiger partial charge in [0.25, 0.3) is 5.91 Å². The van der Waals surface area contributed by atoms with E-state index in [4.69, 9.17) is 0 Å². The summed E-state index contributed by atoms with van der Waals surface area (Å²) < 4.78 is 1.11. The van der Waals surface area contributed by atoms with Crippen molar-refractivity contribution in [2.24, 2.45) is 5.92 Å². The standard InChI is InChI=1S/C19H21N3O2S2/c1-12(2)17(21-18(23)15-9-6-10-25-15)19(24)22(3)11-16-20-13-7-4-5-8-14(13)26-16/h4-10,12,17H,11H2,1-3H3,(H,21,23)/t17-/m0/s1. The van der Waals surface area contributed by atoms with E-state index in [1.54, 1.807) is 29.4 Å². The zero-order chi connectivity index (χ0) is 18.7. The molecule has 0 saturated heterocycles. The summed E-state index contributed by atoms with van der Waals surface area (Å²) in [5.41, 5.74) is 0.944. The molecule has 0 aliphatic carbocycles. The highest BCUT2D eigenvalue weighted by Crippen LogP contribution is 2.22. The minimum absolute atomic E-state index is 0.00997. The van der Waals surface area contributed by atoms with E-state index >= 15 is 0 Å². The van der Waals surface area contributed by atoms with E-state index in [0.717, 1.165) is 15.2 Å². The summed E-state index contributed by atoms with van der Waals surface area (Å²) in [6.07, 6.45) is 0. The third-order valence-corrected chi connectivity index (χ3v) is 5.94. The van der Waals surface area contributed by atoms with Crippen molar-refractivity contribution in [1.29, 1.82) is 0 Å². The maximum atomic E-state index is 12.9. The molecular formula is C19H21N3O2S2. The van der Waals surface area contributed by atoms with E-state index in [2.05, 4.69) is 10.3 Å². The van der Waals surface area contributed by atoms with E-state index in [0.29, 0.717) is 11.4 Å². The van der Waals surface area contributed by atoms with Crippen LogP contribution in [0.15, 0.2) is 41.8 Å². The summed E-state index contributed by atoms with van der Waals surface area (Å²) in [5, 5.41) is 5.61. The van der Waals surface area contributed by atoms with Crippen LogP contribution >= 0.6 is 22.7 Å². The van der Waals surface area contributed by atoms with Crippen molar-refractivity contribution in [2.75, 3.05) is 7.05 Å². The van der Waals surface area contributed by atoms with Crippen molar-refractivity contribution in [2.45, 2.75) is 26.4 Å². The first-order valence-corrected chi connectivity index (χ1v) is 10.1. The van der Waals surface area contributed by atoms with Crippen LogP contribution in [0, 0.1) is 5.92 Å². The van der Waals surface area contributed by atoms with Crippen LogP contribution in [0.3, 0.4) is 0 Å². The Bertz CT molecular complexity index is 870. The van der Waals surface area contributed by atoms with E-state index in [1.807, 2.05) is 49.6 Å². The Morgan fingerprint density at radius 1 is 1.19 bits per heavy atom. The average molecular weight is 388 g/mol. The van der Waals surface area contributed by atoms with Crippen molar-refractivity contribution in [3.05, 3.63) is 51.7 Å². The fraction of sp³-hybridized carbons (Fsp3) is 0.316. The van der Waals surface area contributed by atoms with Gasteiger partial charge in [-0.2, -0.15) is 0 Å². The van der Waals surface area contributed by atoms with Gasteiger partial charge in [-0.25, -0.2) is 4.98 Å². The molecule has 0 spiro atoms. The summed E-state index contributed by atoms with van der Waals surface area (Å²) >= 11 is 2.95. The molecule has 0 radical (unpaired) electrons. The molecule has 7 heteroatoms. The number of hydrogen-bond donors (Lipinski definition) is 1. The number of carbonyl (C=O) groups is 2. The quantitative estimate of drug-likeness (QED) is 0.700. The van der Waals surface area contributed by atoms with Gasteiger partial charge in [-0.05, 0) is 29.5 Å². The molecule has 0 saturated carbocycles. The highest BCUT2D eigenvalue weighted by atomic mass is 32.1. The van der Waals surface area contributed by atoms with Gasteiger partial charge in [-0.15, -0.1) is 22.7 Å². The monoisotopic (exact) mass is 387 g/mol. The molecule has 136 valence electrons. The maximum absolute atomic E-state index is 12.9. The Hall–Kier alpha value is -2.25. The number of nitrogens with one attached hydrogen (secondary N) is 1. The van der Waals surface area contributed by atoms with Gasteiger partial charge < -0.3 is 10.2 Å². The van der Waals surface area contributed by atoms with Crippen LogP contribution in [0.4, 0.5) is 0 Å². The van der Waals surface area contributed by atoms with E-state index in [-0.39, 0.29) is 17.7 Å². The lowest BCUT2D eigenvalue weighted by atomic mass is 10.0. The van der Waals surface area contributed by atoms with Crippen LogP contribution in [-0.2, 0) is 11.3 Å². The third kappa shape index (κ3) is 4.11. The number of para-hydroxylation sites is 1. The molecule has 3 aromatic rings. The molecule has 1 atom stereocenters.